The molecular formula is C15H32O6. The van der Waals surface area contributed by atoms with Gasteiger partial charge in [0, 0.05) is 12.8 Å². The first-order valence-corrected chi connectivity index (χ1v) is 7.54. The van der Waals surface area contributed by atoms with Gasteiger partial charge in [-0.2, -0.15) is 0 Å². The summed E-state index contributed by atoms with van der Waals surface area (Å²) in [5.74, 6) is -1.36. The molecule has 0 spiro atoms. The minimum atomic E-state index is -0.682. The van der Waals surface area contributed by atoms with E-state index < -0.39 is 18.0 Å². The number of aliphatic carboxylic acids is 2. The Morgan fingerprint density at radius 1 is 0.857 bits per heavy atom. The van der Waals surface area contributed by atoms with Crippen LogP contribution in [-0.4, -0.2) is 45.1 Å². The van der Waals surface area contributed by atoms with E-state index in [1.807, 2.05) is 0 Å². The van der Waals surface area contributed by atoms with Crippen LogP contribution in [0, 0.1) is 0 Å². The van der Waals surface area contributed by atoms with Crippen LogP contribution in [0.15, 0.2) is 0 Å². The Morgan fingerprint density at radius 3 is 1.29 bits per heavy atom. The maximum atomic E-state index is 9.87. The number of aliphatic hydroxyl groups is 2. The molecule has 0 aromatic heterocycles. The van der Waals surface area contributed by atoms with E-state index in [0.29, 0.717) is 12.8 Å². The first-order chi connectivity index (χ1) is 9.81. The molecule has 0 radical (unpaired) electrons. The number of aliphatic hydroxyl groups excluding tert-OH is 2. The minimum absolute atomic E-state index is 0.139. The van der Waals surface area contributed by atoms with Gasteiger partial charge in [0.25, 0.3) is 0 Å². The molecule has 0 fully saturated rings. The number of carbonyl (C=O) groups is 2. The lowest BCUT2D eigenvalue weighted by Gasteiger charge is -1.90. The average molecular weight is 308 g/mol. The quantitative estimate of drug-likeness (QED) is 0.487. The predicted molar refractivity (Wildman–Crippen MR) is 82.3 cm³/mol. The van der Waals surface area contributed by atoms with E-state index in [-0.39, 0.29) is 6.61 Å². The Hall–Kier alpha value is -1.14. The Labute approximate surface area is 127 Å². The number of carboxylic acid groups (broad SMARTS) is 2. The number of hydrogen-bond donors (Lipinski definition) is 4. The highest BCUT2D eigenvalue weighted by Gasteiger charge is 1.93. The van der Waals surface area contributed by atoms with Crippen molar-refractivity contribution in [1.29, 1.82) is 0 Å². The van der Waals surface area contributed by atoms with Gasteiger partial charge >= 0.3 is 11.9 Å². The number of rotatable bonds is 9. The van der Waals surface area contributed by atoms with Gasteiger partial charge < -0.3 is 20.4 Å². The maximum Gasteiger partial charge on any atom is 0.303 e. The Morgan fingerprint density at radius 2 is 1.14 bits per heavy atom. The molecule has 6 nitrogen and oxygen atoms in total. The van der Waals surface area contributed by atoms with Crippen LogP contribution in [0.1, 0.15) is 72.1 Å². The van der Waals surface area contributed by atoms with Crippen molar-refractivity contribution in [2.24, 2.45) is 0 Å². The number of unbranched alkanes of at least 4 members (excludes halogenated alkanes) is 4. The first kappa shape index (κ1) is 24.9. The van der Waals surface area contributed by atoms with Crippen molar-refractivity contribution in [3.8, 4) is 0 Å². The van der Waals surface area contributed by atoms with Crippen LogP contribution in [0.25, 0.3) is 0 Å². The average Bonchev–Trinajstić information content (AvgIpc) is 2.40. The van der Waals surface area contributed by atoms with Crippen LogP contribution in [0.5, 0.6) is 0 Å². The van der Waals surface area contributed by atoms with E-state index in [0.717, 1.165) is 38.5 Å². The molecule has 1 atom stereocenters. The summed E-state index contributed by atoms with van der Waals surface area (Å²) in [6.07, 6.45) is 5.99. The molecule has 0 saturated heterocycles. The molecule has 0 amide bonds. The lowest BCUT2D eigenvalue weighted by molar-refractivity contribution is -0.138. The van der Waals surface area contributed by atoms with Gasteiger partial charge in [-0.1, -0.05) is 39.5 Å². The van der Waals surface area contributed by atoms with E-state index >= 15 is 0 Å². The molecule has 1 unspecified atom stereocenters. The van der Waals surface area contributed by atoms with Gasteiger partial charge in [-0.25, -0.2) is 0 Å². The Kier molecular flexibility index (Phi) is 25.0. The highest BCUT2D eigenvalue weighted by molar-refractivity contribution is 5.66. The first-order valence-electron chi connectivity index (χ1n) is 7.54. The zero-order chi connectivity index (χ0) is 17.1. The molecule has 0 heterocycles. The summed E-state index contributed by atoms with van der Waals surface area (Å²) in [5, 5.41) is 32.3. The van der Waals surface area contributed by atoms with Crippen LogP contribution in [-0.2, 0) is 9.59 Å². The molecule has 0 bridgehead atoms. The highest BCUT2D eigenvalue weighted by Crippen LogP contribution is 1.97. The van der Waals surface area contributed by atoms with Gasteiger partial charge in [-0.15, -0.1) is 0 Å². The third kappa shape index (κ3) is 45.5. The number of hydrogen-bond acceptors (Lipinski definition) is 4. The lowest BCUT2D eigenvalue weighted by atomic mass is 10.2. The fourth-order valence-corrected chi connectivity index (χ4v) is 1.05. The van der Waals surface area contributed by atoms with E-state index in [4.69, 9.17) is 20.4 Å². The van der Waals surface area contributed by atoms with Crippen LogP contribution in [0.3, 0.4) is 0 Å². The molecule has 4 N–H and O–H groups in total. The van der Waals surface area contributed by atoms with E-state index in [1.54, 1.807) is 0 Å². The van der Waals surface area contributed by atoms with Crippen LogP contribution < -0.4 is 0 Å². The summed E-state index contributed by atoms with van der Waals surface area (Å²) < 4.78 is 0. The Bertz CT molecular complexity index is 208. The molecule has 0 aliphatic rings. The van der Waals surface area contributed by atoms with E-state index in [2.05, 4.69) is 13.8 Å². The fraction of sp³-hybridized carbons (Fsp3) is 0.867. The molecule has 0 aromatic carbocycles. The molecule has 0 aromatic rings. The zero-order valence-electron chi connectivity index (χ0n) is 13.5. The maximum absolute atomic E-state index is 9.87. The normalized spacial score (nSPS) is 10.5. The van der Waals surface area contributed by atoms with Crippen molar-refractivity contribution in [2.45, 2.75) is 78.2 Å². The topological polar surface area (TPSA) is 115 Å². The second-order valence-electron chi connectivity index (χ2n) is 4.73. The van der Waals surface area contributed by atoms with Crippen molar-refractivity contribution in [2.75, 3.05) is 6.61 Å². The van der Waals surface area contributed by atoms with Crippen LogP contribution in [0.2, 0.25) is 0 Å². The van der Waals surface area contributed by atoms with Gasteiger partial charge in [0.2, 0.25) is 0 Å². The standard InChI is InChI=1S/2C6H12O2.C3H8O2/c2*1-2-3-4-5-6(7)8;1-3(5)2-4/h2*2-5H2,1H3,(H,7,8);3-5H,2H2,1H3. The van der Waals surface area contributed by atoms with Gasteiger partial charge in [0.1, 0.15) is 0 Å². The summed E-state index contributed by atoms with van der Waals surface area (Å²) >= 11 is 0. The third-order valence-corrected chi connectivity index (χ3v) is 2.25. The predicted octanol–water partition coefficient (Wildman–Crippen LogP) is 2.66. The van der Waals surface area contributed by atoms with Crippen molar-refractivity contribution < 1.29 is 30.0 Å². The molecule has 21 heavy (non-hydrogen) atoms. The van der Waals surface area contributed by atoms with Gasteiger partial charge in [0.15, 0.2) is 0 Å². The molecule has 0 saturated carbocycles. The van der Waals surface area contributed by atoms with Gasteiger partial charge in [0.05, 0.1) is 12.7 Å². The third-order valence-electron chi connectivity index (χ3n) is 2.25. The number of carboxylic acids is 2. The monoisotopic (exact) mass is 308 g/mol. The van der Waals surface area contributed by atoms with E-state index in [1.165, 1.54) is 6.92 Å². The molecular weight excluding hydrogens is 276 g/mol. The summed E-state index contributed by atoms with van der Waals surface area (Å²) in [6, 6.07) is 0. The molecule has 0 aliphatic carbocycles. The SMILES string of the molecule is CC(O)CO.CCCCCC(=O)O.CCCCCC(=O)O. The van der Waals surface area contributed by atoms with Crippen molar-refractivity contribution in [3.05, 3.63) is 0 Å². The second-order valence-corrected chi connectivity index (χ2v) is 4.73. The van der Waals surface area contributed by atoms with Gasteiger partial charge in [-0.05, 0) is 19.8 Å². The van der Waals surface area contributed by atoms with Crippen LogP contribution in [0.4, 0.5) is 0 Å². The lowest BCUT2D eigenvalue weighted by Crippen LogP contribution is -2.03. The molecule has 0 aliphatic heterocycles. The van der Waals surface area contributed by atoms with Crippen molar-refractivity contribution in [1.82, 2.24) is 0 Å². The molecule has 128 valence electrons. The largest absolute Gasteiger partial charge is 0.481 e. The molecule has 0 rings (SSSR count). The summed E-state index contributed by atoms with van der Waals surface area (Å²) in [6.45, 7) is 5.50. The molecule has 6 heteroatoms. The van der Waals surface area contributed by atoms with Crippen molar-refractivity contribution in [3.63, 3.8) is 0 Å². The Balaban J connectivity index is -0.000000239. The highest BCUT2D eigenvalue weighted by atomic mass is 16.4. The van der Waals surface area contributed by atoms with Crippen LogP contribution >= 0.6 is 0 Å². The van der Waals surface area contributed by atoms with Gasteiger partial charge in [-0.3, -0.25) is 9.59 Å². The second kappa shape index (κ2) is 21.2. The summed E-state index contributed by atoms with van der Waals surface area (Å²) in [7, 11) is 0. The smallest absolute Gasteiger partial charge is 0.303 e. The van der Waals surface area contributed by atoms with E-state index in [9.17, 15) is 9.59 Å². The van der Waals surface area contributed by atoms with Crippen molar-refractivity contribution >= 4 is 11.9 Å². The fourth-order valence-electron chi connectivity index (χ4n) is 1.05. The summed E-state index contributed by atoms with van der Waals surface area (Å²) in [5.41, 5.74) is 0. The summed E-state index contributed by atoms with van der Waals surface area (Å²) in [4.78, 5) is 19.7. The zero-order valence-corrected chi connectivity index (χ0v) is 13.5. The minimum Gasteiger partial charge on any atom is -0.481 e.